The predicted molar refractivity (Wildman–Crippen MR) is 78.8 cm³/mol. The molecule has 1 aliphatic heterocycles. The van der Waals surface area contributed by atoms with E-state index in [1.54, 1.807) is 25.2 Å². The number of para-hydroxylation sites is 1. The van der Waals surface area contributed by atoms with Gasteiger partial charge in [0.15, 0.2) is 0 Å². The first kappa shape index (κ1) is 15.3. The largest absolute Gasteiger partial charge is 0.478 e. The topological polar surface area (TPSA) is 78.9 Å². The van der Waals surface area contributed by atoms with Crippen molar-refractivity contribution < 1.29 is 19.4 Å². The Morgan fingerprint density at radius 2 is 1.90 bits per heavy atom. The lowest BCUT2D eigenvalue weighted by Gasteiger charge is -2.36. The van der Waals surface area contributed by atoms with Gasteiger partial charge in [0.05, 0.1) is 11.3 Å². The van der Waals surface area contributed by atoms with Crippen LogP contribution in [-0.4, -0.2) is 42.9 Å². The van der Waals surface area contributed by atoms with Crippen LogP contribution in [-0.2, 0) is 4.74 Å². The number of carboxylic acids is 1. The summed E-state index contributed by atoms with van der Waals surface area (Å²) in [5.41, 5.74) is 0.160. The minimum absolute atomic E-state index is 0.104. The van der Waals surface area contributed by atoms with Crippen molar-refractivity contribution in [2.75, 3.05) is 25.2 Å². The van der Waals surface area contributed by atoms with Crippen LogP contribution < -0.4 is 10.2 Å². The Morgan fingerprint density at radius 1 is 1.29 bits per heavy atom. The molecule has 2 N–H and O–H groups in total. The number of aromatic carboxylic acids is 1. The van der Waals surface area contributed by atoms with E-state index in [4.69, 9.17) is 4.74 Å². The van der Waals surface area contributed by atoms with Crippen molar-refractivity contribution in [3.63, 3.8) is 0 Å². The molecule has 0 aliphatic carbocycles. The molecule has 2 amide bonds. The molecule has 0 atom stereocenters. The number of hydrogen-bond acceptors (Lipinski definition) is 3. The number of amides is 2. The summed E-state index contributed by atoms with van der Waals surface area (Å²) in [7, 11) is 1.57. The van der Waals surface area contributed by atoms with Crippen LogP contribution in [0.2, 0.25) is 0 Å². The summed E-state index contributed by atoms with van der Waals surface area (Å²) in [4.78, 5) is 24.9. The summed E-state index contributed by atoms with van der Waals surface area (Å²) < 4.78 is 5.30. The van der Waals surface area contributed by atoms with Crippen molar-refractivity contribution in [3.8, 4) is 0 Å². The number of carbonyl (C=O) groups is 2. The molecular formula is C15H20N2O4. The number of nitrogens with zero attached hydrogens (tertiary/aromatic N) is 1. The van der Waals surface area contributed by atoms with Gasteiger partial charge in [-0.15, -0.1) is 0 Å². The Balaban J connectivity index is 2.14. The van der Waals surface area contributed by atoms with Gasteiger partial charge in [-0.05, 0) is 31.9 Å². The average molecular weight is 292 g/mol. The molecule has 1 fully saturated rings. The highest BCUT2D eigenvalue weighted by molar-refractivity contribution is 6.01. The highest BCUT2D eigenvalue weighted by atomic mass is 16.5. The van der Waals surface area contributed by atoms with Gasteiger partial charge in [-0.3, -0.25) is 4.90 Å². The fourth-order valence-electron chi connectivity index (χ4n) is 2.35. The van der Waals surface area contributed by atoms with Crippen LogP contribution in [0, 0.1) is 0 Å². The van der Waals surface area contributed by atoms with Crippen molar-refractivity contribution in [3.05, 3.63) is 29.8 Å². The summed E-state index contributed by atoms with van der Waals surface area (Å²) >= 11 is 0. The minimum Gasteiger partial charge on any atom is -0.478 e. The van der Waals surface area contributed by atoms with Gasteiger partial charge in [-0.25, -0.2) is 9.59 Å². The van der Waals surface area contributed by atoms with Gasteiger partial charge in [-0.2, -0.15) is 0 Å². The first-order valence-corrected chi connectivity index (χ1v) is 6.89. The van der Waals surface area contributed by atoms with Gasteiger partial charge < -0.3 is 15.2 Å². The number of carboxylic acid groups (broad SMARTS) is 1. The van der Waals surface area contributed by atoms with Gasteiger partial charge in [0.25, 0.3) is 0 Å². The number of carbonyl (C=O) groups excluding carboxylic acids is 1. The van der Waals surface area contributed by atoms with E-state index >= 15 is 0 Å². The molecule has 0 spiro atoms. The zero-order valence-electron chi connectivity index (χ0n) is 12.3. The molecule has 0 bridgehead atoms. The number of hydrogen-bond donors (Lipinski definition) is 2. The normalized spacial score (nSPS) is 17.0. The Labute approximate surface area is 123 Å². The molecule has 0 radical (unpaired) electrons. The lowest BCUT2D eigenvalue weighted by Crippen LogP contribution is -2.53. The van der Waals surface area contributed by atoms with E-state index in [-0.39, 0.29) is 17.1 Å². The number of ether oxygens (including phenoxy) is 1. The molecule has 1 heterocycles. The first-order valence-electron chi connectivity index (χ1n) is 6.89. The van der Waals surface area contributed by atoms with Crippen LogP contribution in [0.3, 0.4) is 0 Å². The van der Waals surface area contributed by atoms with Crippen LogP contribution in [0.1, 0.15) is 30.1 Å². The van der Waals surface area contributed by atoms with Crippen molar-refractivity contribution in [2.24, 2.45) is 0 Å². The maximum absolute atomic E-state index is 12.4. The summed E-state index contributed by atoms with van der Waals surface area (Å²) in [5.74, 6) is -1.05. The minimum atomic E-state index is -1.05. The summed E-state index contributed by atoms with van der Waals surface area (Å²) in [6, 6.07) is 6.14. The Kier molecular flexibility index (Phi) is 4.47. The molecule has 0 unspecified atom stereocenters. The molecule has 1 aromatic carbocycles. The maximum atomic E-state index is 12.4. The monoisotopic (exact) mass is 292 g/mol. The first-order chi connectivity index (χ1) is 9.93. The van der Waals surface area contributed by atoms with E-state index in [2.05, 4.69) is 5.32 Å². The molecule has 6 heteroatoms. The van der Waals surface area contributed by atoms with E-state index in [1.807, 2.05) is 6.92 Å². The van der Waals surface area contributed by atoms with Gasteiger partial charge in [0, 0.05) is 25.8 Å². The maximum Gasteiger partial charge on any atom is 0.337 e. The summed E-state index contributed by atoms with van der Waals surface area (Å²) in [6.07, 6.45) is 1.49. The summed E-state index contributed by atoms with van der Waals surface area (Å²) in [6.45, 7) is 3.21. The highest BCUT2D eigenvalue weighted by Gasteiger charge is 2.30. The highest BCUT2D eigenvalue weighted by Crippen LogP contribution is 2.23. The van der Waals surface area contributed by atoms with Gasteiger partial charge >= 0.3 is 12.0 Å². The third kappa shape index (κ3) is 3.52. The fraction of sp³-hybridized carbons (Fsp3) is 0.467. The third-order valence-corrected chi connectivity index (χ3v) is 3.81. The number of urea groups is 1. The van der Waals surface area contributed by atoms with Gasteiger partial charge in [0.1, 0.15) is 0 Å². The van der Waals surface area contributed by atoms with Crippen molar-refractivity contribution in [1.82, 2.24) is 5.32 Å². The Morgan fingerprint density at radius 3 is 2.52 bits per heavy atom. The molecular weight excluding hydrogens is 272 g/mol. The van der Waals surface area contributed by atoms with Crippen LogP contribution in [0.15, 0.2) is 24.3 Å². The molecule has 0 aromatic heterocycles. The predicted octanol–water partition coefficient (Wildman–Crippen LogP) is 2.10. The van der Waals surface area contributed by atoms with E-state index < -0.39 is 5.97 Å². The fourth-order valence-corrected chi connectivity index (χ4v) is 2.35. The van der Waals surface area contributed by atoms with Crippen LogP contribution in [0.4, 0.5) is 10.5 Å². The average Bonchev–Trinajstić information content (AvgIpc) is 2.46. The standard InChI is InChI=1S/C15H20N2O4/c1-15(7-9-21-10-8-15)16-14(20)17(2)12-6-4-3-5-11(12)13(18)19/h3-6H,7-10H2,1-2H3,(H,16,20)(H,18,19). The molecule has 1 aromatic rings. The smallest absolute Gasteiger partial charge is 0.337 e. The van der Waals surface area contributed by atoms with Crippen LogP contribution >= 0.6 is 0 Å². The van der Waals surface area contributed by atoms with Crippen molar-refractivity contribution in [1.29, 1.82) is 0 Å². The SMILES string of the molecule is CN(C(=O)NC1(C)CCOCC1)c1ccccc1C(=O)O. The second-order valence-electron chi connectivity index (χ2n) is 5.48. The molecule has 0 saturated carbocycles. The molecule has 2 rings (SSSR count). The third-order valence-electron chi connectivity index (χ3n) is 3.81. The lowest BCUT2D eigenvalue weighted by atomic mass is 9.93. The molecule has 114 valence electrons. The number of rotatable bonds is 3. The second kappa shape index (κ2) is 6.13. The van der Waals surface area contributed by atoms with Crippen molar-refractivity contribution in [2.45, 2.75) is 25.3 Å². The lowest BCUT2D eigenvalue weighted by molar-refractivity contribution is 0.0496. The van der Waals surface area contributed by atoms with Crippen LogP contribution in [0.5, 0.6) is 0 Å². The molecule has 21 heavy (non-hydrogen) atoms. The van der Waals surface area contributed by atoms with Crippen molar-refractivity contribution >= 4 is 17.7 Å². The van der Waals surface area contributed by atoms with Gasteiger partial charge in [0.2, 0.25) is 0 Å². The van der Waals surface area contributed by atoms with Gasteiger partial charge in [-0.1, -0.05) is 12.1 Å². The van der Waals surface area contributed by atoms with E-state index in [0.717, 1.165) is 12.8 Å². The number of nitrogens with one attached hydrogen (secondary N) is 1. The van der Waals surface area contributed by atoms with E-state index in [1.165, 1.54) is 11.0 Å². The number of benzene rings is 1. The Hall–Kier alpha value is -2.08. The molecule has 1 saturated heterocycles. The summed E-state index contributed by atoms with van der Waals surface area (Å²) in [5, 5.41) is 12.2. The zero-order chi connectivity index (χ0) is 15.5. The van der Waals surface area contributed by atoms with E-state index in [0.29, 0.717) is 18.9 Å². The number of anilines is 1. The van der Waals surface area contributed by atoms with Crippen LogP contribution in [0.25, 0.3) is 0 Å². The second-order valence-corrected chi connectivity index (χ2v) is 5.48. The molecule has 6 nitrogen and oxygen atoms in total. The van der Waals surface area contributed by atoms with E-state index in [9.17, 15) is 14.7 Å². The zero-order valence-corrected chi connectivity index (χ0v) is 12.3. The Bertz CT molecular complexity index is 538. The molecule has 1 aliphatic rings. The quantitative estimate of drug-likeness (QED) is 0.894.